The number of hydrogen-bond donors (Lipinski definition) is 2. The van der Waals surface area contributed by atoms with Crippen molar-refractivity contribution in [2.24, 2.45) is 5.73 Å². The van der Waals surface area contributed by atoms with E-state index in [9.17, 15) is 4.79 Å². The highest BCUT2D eigenvalue weighted by atomic mass is 35.5. The van der Waals surface area contributed by atoms with Crippen molar-refractivity contribution in [2.75, 3.05) is 13.7 Å². The molecule has 1 saturated heterocycles. The van der Waals surface area contributed by atoms with E-state index in [1.807, 2.05) is 0 Å². The summed E-state index contributed by atoms with van der Waals surface area (Å²) < 4.78 is 7.13. The molecule has 8 heteroatoms. The van der Waals surface area contributed by atoms with E-state index in [4.69, 9.17) is 22.1 Å². The Labute approximate surface area is 145 Å². The van der Waals surface area contributed by atoms with Gasteiger partial charge >= 0.3 is 0 Å². The lowest BCUT2D eigenvalue weighted by atomic mass is 10.0. The van der Waals surface area contributed by atoms with Crippen LogP contribution < -0.4 is 15.8 Å². The summed E-state index contributed by atoms with van der Waals surface area (Å²) in [4.78, 5) is 15.8. The van der Waals surface area contributed by atoms with Gasteiger partial charge in [0.05, 0.1) is 19.6 Å². The minimum Gasteiger partial charge on any atom is -0.494 e. The van der Waals surface area contributed by atoms with Crippen LogP contribution in [0.1, 0.15) is 37.0 Å². The number of nitrogens with one attached hydrogen (secondary N) is 1. The topological polar surface area (TPSA) is 95.1 Å². The summed E-state index contributed by atoms with van der Waals surface area (Å²) in [5.74, 6) is 1.30. The lowest BCUT2D eigenvalue weighted by Crippen LogP contribution is -2.29. The fourth-order valence-electron chi connectivity index (χ4n) is 2.90. The minimum absolute atomic E-state index is 0.00436. The maximum atomic E-state index is 11.3. The smallest absolute Gasteiger partial charge is 0.225 e. The first kappa shape index (κ1) is 16.7. The van der Waals surface area contributed by atoms with Crippen molar-refractivity contribution in [1.29, 1.82) is 0 Å². The van der Waals surface area contributed by atoms with Crippen molar-refractivity contribution in [3.8, 4) is 11.4 Å². The average molecular weight is 350 g/mol. The van der Waals surface area contributed by atoms with Crippen LogP contribution in [0.2, 0.25) is 5.02 Å². The number of piperidine rings is 1. The largest absolute Gasteiger partial charge is 0.494 e. The first-order chi connectivity index (χ1) is 11.6. The lowest BCUT2D eigenvalue weighted by molar-refractivity contribution is -0.117. The first-order valence-electron chi connectivity index (χ1n) is 7.90. The number of amides is 1. The molecule has 128 valence electrons. The van der Waals surface area contributed by atoms with E-state index < -0.39 is 5.91 Å². The summed E-state index contributed by atoms with van der Waals surface area (Å²) in [6.07, 6.45) is 3.20. The van der Waals surface area contributed by atoms with Crippen LogP contribution in [0, 0.1) is 0 Å². The Kier molecular flexibility index (Phi) is 5.01. The summed E-state index contributed by atoms with van der Waals surface area (Å²) in [6.45, 7) is 0.926. The predicted octanol–water partition coefficient (Wildman–Crippen LogP) is 1.77. The number of halogens is 1. The minimum atomic E-state index is -0.464. The number of nitrogens with two attached hydrogens (primary N) is 1. The van der Waals surface area contributed by atoms with Crippen LogP contribution in [0.3, 0.4) is 0 Å². The normalized spacial score (nSPS) is 17.7. The first-order valence-corrected chi connectivity index (χ1v) is 8.27. The number of aromatic nitrogens is 3. The molecule has 7 nitrogen and oxygen atoms in total. The molecule has 1 fully saturated rings. The molecule has 1 aromatic heterocycles. The zero-order valence-electron chi connectivity index (χ0n) is 13.5. The molecule has 0 bridgehead atoms. The Hall–Kier alpha value is -2.12. The maximum Gasteiger partial charge on any atom is 0.225 e. The zero-order chi connectivity index (χ0) is 17.1. The number of nitrogens with zero attached hydrogens (tertiary/aromatic N) is 3. The highest BCUT2D eigenvalue weighted by molar-refractivity contribution is 6.30. The Morgan fingerprint density at radius 1 is 1.50 bits per heavy atom. The van der Waals surface area contributed by atoms with Crippen LogP contribution in [0.5, 0.6) is 5.75 Å². The van der Waals surface area contributed by atoms with Crippen molar-refractivity contribution < 1.29 is 9.53 Å². The molecule has 1 amide bonds. The SMILES string of the molecule is COc1ccc(Cl)cc1-n1nc(CC(N)=O)nc1[C@@H]1CCCCN1. The van der Waals surface area contributed by atoms with Crippen molar-refractivity contribution in [3.05, 3.63) is 34.9 Å². The molecule has 0 radical (unpaired) electrons. The summed E-state index contributed by atoms with van der Waals surface area (Å²) in [5, 5.41) is 8.49. The number of primary amides is 1. The second-order valence-corrected chi connectivity index (χ2v) is 6.20. The third-order valence-electron chi connectivity index (χ3n) is 4.00. The van der Waals surface area contributed by atoms with E-state index in [-0.39, 0.29) is 12.5 Å². The molecule has 24 heavy (non-hydrogen) atoms. The molecule has 1 atom stereocenters. The Morgan fingerprint density at radius 2 is 2.33 bits per heavy atom. The molecule has 1 aliphatic rings. The quantitative estimate of drug-likeness (QED) is 0.857. The molecule has 3 rings (SSSR count). The number of carbonyl (C=O) groups is 1. The third-order valence-corrected chi connectivity index (χ3v) is 4.23. The Balaban J connectivity index is 2.09. The molecular weight excluding hydrogens is 330 g/mol. The van der Waals surface area contributed by atoms with Crippen molar-refractivity contribution in [1.82, 2.24) is 20.1 Å². The second kappa shape index (κ2) is 7.19. The monoisotopic (exact) mass is 349 g/mol. The number of benzene rings is 1. The van der Waals surface area contributed by atoms with Crippen molar-refractivity contribution in [2.45, 2.75) is 31.7 Å². The maximum absolute atomic E-state index is 11.3. The molecule has 2 aromatic rings. The Morgan fingerprint density at radius 3 is 3.00 bits per heavy atom. The predicted molar refractivity (Wildman–Crippen MR) is 90.4 cm³/mol. The van der Waals surface area contributed by atoms with Gasteiger partial charge in [0.2, 0.25) is 5.91 Å². The third kappa shape index (κ3) is 3.52. The molecule has 0 saturated carbocycles. The summed E-state index contributed by atoms with van der Waals surface area (Å²) in [7, 11) is 1.59. The molecule has 0 unspecified atom stereocenters. The van der Waals surface area contributed by atoms with Crippen LogP contribution in [-0.4, -0.2) is 34.3 Å². The molecule has 3 N–H and O–H groups in total. The molecule has 1 aliphatic heterocycles. The fraction of sp³-hybridized carbons (Fsp3) is 0.438. The molecule has 2 heterocycles. The van der Waals surface area contributed by atoms with Gasteiger partial charge in [0.15, 0.2) is 5.82 Å². The van der Waals surface area contributed by atoms with Gasteiger partial charge in [0.1, 0.15) is 17.3 Å². The van der Waals surface area contributed by atoms with Gasteiger partial charge in [-0.15, -0.1) is 0 Å². The van der Waals surface area contributed by atoms with E-state index in [0.717, 1.165) is 31.6 Å². The number of hydrogen-bond acceptors (Lipinski definition) is 5. The van der Waals surface area contributed by atoms with Crippen LogP contribution >= 0.6 is 11.6 Å². The van der Waals surface area contributed by atoms with Gasteiger partial charge in [-0.1, -0.05) is 18.0 Å². The highest BCUT2D eigenvalue weighted by Gasteiger charge is 2.24. The number of carbonyl (C=O) groups excluding carboxylic acids is 1. The zero-order valence-corrected chi connectivity index (χ0v) is 14.2. The number of methoxy groups -OCH3 is 1. The van der Waals surface area contributed by atoms with Crippen LogP contribution in [0.4, 0.5) is 0 Å². The van der Waals surface area contributed by atoms with Gasteiger partial charge in [0, 0.05) is 5.02 Å². The van der Waals surface area contributed by atoms with Gasteiger partial charge in [-0.3, -0.25) is 4.79 Å². The lowest BCUT2D eigenvalue weighted by Gasteiger charge is -2.23. The average Bonchev–Trinajstić information content (AvgIpc) is 2.98. The highest BCUT2D eigenvalue weighted by Crippen LogP contribution is 2.30. The summed E-state index contributed by atoms with van der Waals surface area (Å²) in [6, 6.07) is 5.38. The Bertz CT molecular complexity index is 740. The van der Waals surface area contributed by atoms with Gasteiger partial charge in [-0.05, 0) is 37.6 Å². The van der Waals surface area contributed by atoms with E-state index in [1.165, 1.54) is 0 Å². The summed E-state index contributed by atoms with van der Waals surface area (Å²) >= 11 is 6.15. The van der Waals surface area contributed by atoms with E-state index in [2.05, 4.69) is 15.4 Å². The van der Waals surface area contributed by atoms with E-state index in [1.54, 1.807) is 30.0 Å². The van der Waals surface area contributed by atoms with Crippen molar-refractivity contribution >= 4 is 17.5 Å². The molecule has 1 aromatic carbocycles. The van der Waals surface area contributed by atoms with Gasteiger partial charge in [-0.2, -0.15) is 5.10 Å². The molecule has 0 aliphatic carbocycles. The van der Waals surface area contributed by atoms with Gasteiger partial charge < -0.3 is 15.8 Å². The molecule has 0 spiro atoms. The van der Waals surface area contributed by atoms with E-state index >= 15 is 0 Å². The number of ether oxygens (including phenoxy) is 1. The van der Waals surface area contributed by atoms with Crippen LogP contribution in [0.15, 0.2) is 18.2 Å². The van der Waals surface area contributed by atoms with Gasteiger partial charge in [0.25, 0.3) is 0 Å². The summed E-state index contributed by atoms with van der Waals surface area (Å²) in [5.41, 5.74) is 5.98. The van der Waals surface area contributed by atoms with Crippen LogP contribution in [-0.2, 0) is 11.2 Å². The molecular formula is C16H20ClN5O2. The van der Waals surface area contributed by atoms with E-state index in [0.29, 0.717) is 22.3 Å². The van der Waals surface area contributed by atoms with Crippen LogP contribution in [0.25, 0.3) is 5.69 Å². The number of rotatable bonds is 5. The van der Waals surface area contributed by atoms with Gasteiger partial charge in [-0.25, -0.2) is 9.67 Å². The van der Waals surface area contributed by atoms with Crippen molar-refractivity contribution in [3.63, 3.8) is 0 Å². The second-order valence-electron chi connectivity index (χ2n) is 5.76. The standard InChI is InChI=1S/C16H20ClN5O2/c1-24-13-6-5-10(17)8-12(13)22-16(11-4-2-3-7-19-11)20-15(21-22)9-14(18)23/h5-6,8,11,19H,2-4,7,9H2,1H3,(H2,18,23)/t11-/m0/s1. The fourth-order valence-corrected chi connectivity index (χ4v) is 3.07.